The molecule has 2 atom stereocenters. The van der Waals surface area contributed by atoms with Crippen LogP contribution < -0.4 is 5.73 Å². The van der Waals surface area contributed by atoms with Crippen molar-refractivity contribution in [1.82, 2.24) is 9.88 Å². The molecule has 2 heterocycles. The minimum atomic E-state index is -0.0861. The average Bonchev–Trinajstić information content (AvgIpc) is 2.39. The summed E-state index contributed by atoms with van der Waals surface area (Å²) in [4.78, 5) is 6.63. The van der Waals surface area contributed by atoms with Crippen molar-refractivity contribution < 1.29 is 4.74 Å². The summed E-state index contributed by atoms with van der Waals surface area (Å²) in [6, 6.07) is 2.01. The normalized spacial score (nSPS) is 22.9. The van der Waals surface area contributed by atoms with Crippen LogP contribution in [-0.4, -0.2) is 42.2 Å². The summed E-state index contributed by atoms with van der Waals surface area (Å²) in [5.74, 6) is 0. The second kappa shape index (κ2) is 6.27. The van der Waals surface area contributed by atoms with Gasteiger partial charge in [-0.15, -0.1) is 0 Å². The maximum absolute atomic E-state index is 6.31. The number of pyridine rings is 1. The van der Waals surface area contributed by atoms with Crippen molar-refractivity contribution in [3.8, 4) is 0 Å². The molecule has 1 aromatic heterocycles. The first-order chi connectivity index (χ1) is 8.70. The molecular weight excluding hydrogens is 226 g/mol. The van der Waals surface area contributed by atoms with Crippen molar-refractivity contribution in [3.05, 3.63) is 29.6 Å². The lowest BCUT2D eigenvalue weighted by Crippen LogP contribution is -2.47. The zero-order chi connectivity index (χ0) is 13.0. The lowest BCUT2D eigenvalue weighted by Gasteiger charge is -2.35. The van der Waals surface area contributed by atoms with Crippen LogP contribution in [0.25, 0.3) is 0 Å². The van der Waals surface area contributed by atoms with Gasteiger partial charge in [-0.25, -0.2) is 0 Å². The van der Waals surface area contributed by atoms with Crippen LogP contribution in [0.15, 0.2) is 18.5 Å². The Morgan fingerprint density at radius 1 is 1.56 bits per heavy atom. The fourth-order valence-electron chi connectivity index (χ4n) is 2.44. The highest BCUT2D eigenvalue weighted by atomic mass is 16.5. The molecule has 4 heteroatoms. The van der Waals surface area contributed by atoms with Crippen molar-refractivity contribution in [1.29, 1.82) is 0 Å². The number of aromatic nitrogens is 1. The van der Waals surface area contributed by atoms with E-state index >= 15 is 0 Å². The Labute approximate surface area is 109 Å². The number of ether oxygens (including phenoxy) is 1. The summed E-state index contributed by atoms with van der Waals surface area (Å²) in [6.45, 7) is 8.07. The van der Waals surface area contributed by atoms with E-state index in [2.05, 4.69) is 22.9 Å². The van der Waals surface area contributed by atoms with Crippen LogP contribution in [0.3, 0.4) is 0 Å². The van der Waals surface area contributed by atoms with E-state index in [1.54, 1.807) is 0 Å². The second-order valence-corrected chi connectivity index (χ2v) is 5.03. The molecule has 0 aromatic carbocycles. The Morgan fingerprint density at radius 2 is 2.39 bits per heavy atom. The largest absolute Gasteiger partial charge is 0.374 e. The highest BCUT2D eigenvalue weighted by Gasteiger charge is 2.26. The van der Waals surface area contributed by atoms with Gasteiger partial charge in [0.2, 0.25) is 0 Å². The summed E-state index contributed by atoms with van der Waals surface area (Å²) in [6.07, 6.45) is 4.95. The van der Waals surface area contributed by atoms with Crippen LogP contribution >= 0.6 is 0 Å². The molecule has 0 radical (unpaired) electrons. The number of hydrogen-bond donors (Lipinski definition) is 1. The number of nitrogens with zero attached hydrogens (tertiary/aromatic N) is 2. The smallest absolute Gasteiger partial charge is 0.0895 e. The highest BCUT2D eigenvalue weighted by Crippen LogP contribution is 2.20. The molecule has 1 fully saturated rings. The molecule has 2 unspecified atom stereocenters. The summed E-state index contributed by atoms with van der Waals surface area (Å²) < 4.78 is 5.82. The maximum Gasteiger partial charge on any atom is 0.0895 e. The molecule has 0 aliphatic carbocycles. The van der Waals surface area contributed by atoms with Crippen molar-refractivity contribution in [2.24, 2.45) is 5.73 Å². The lowest BCUT2D eigenvalue weighted by atomic mass is 10.0. The number of aryl methyl sites for hydroxylation is 1. The van der Waals surface area contributed by atoms with Crippen LogP contribution in [-0.2, 0) is 4.74 Å². The maximum atomic E-state index is 6.31. The molecule has 1 aliphatic rings. The van der Waals surface area contributed by atoms with E-state index in [0.717, 1.165) is 37.4 Å². The number of morpholine rings is 1. The Balaban J connectivity index is 2.02. The molecule has 0 amide bonds. The quantitative estimate of drug-likeness (QED) is 0.878. The van der Waals surface area contributed by atoms with E-state index in [-0.39, 0.29) is 12.1 Å². The third kappa shape index (κ3) is 3.28. The summed E-state index contributed by atoms with van der Waals surface area (Å²) in [5, 5.41) is 0. The number of rotatable bonds is 4. The molecule has 0 bridgehead atoms. The van der Waals surface area contributed by atoms with E-state index in [9.17, 15) is 0 Å². The van der Waals surface area contributed by atoms with Crippen molar-refractivity contribution >= 4 is 0 Å². The van der Waals surface area contributed by atoms with Crippen molar-refractivity contribution in [2.75, 3.05) is 26.2 Å². The molecular formula is C14H23N3O. The summed E-state index contributed by atoms with van der Waals surface area (Å²) in [7, 11) is 0. The van der Waals surface area contributed by atoms with Crippen LogP contribution in [0, 0.1) is 6.92 Å². The van der Waals surface area contributed by atoms with E-state index in [4.69, 9.17) is 10.5 Å². The van der Waals surface area contributed by atoms with Crippen LogP contribution in [0.5, 0.6) is 0 Å². The SMILES string of the molecule is CCCN1CCOC(C(N)c2cncc(C)c2)C1. The topological polar surface area (TPSA) is 51.4 Å². The molecule has 1 saturated heterocycles. The Morgan fingerprint density at radius 3 is 3.11 bits per heavy atom. The number of nitrogens with two attached hydrogens (primary N) is 1. The third-order valence-electron chi connectivity index (χ3n) is 3.40. The van der Waals surface area contributed by atoms with Gasteiger partial charge in [0.15, 0.2) is 0 Å². The van der Waals surface area contributed by atoms with E-state index in [0.29, 0.717) is 0 Å². The van der Waals surface area contributed by atoms with Gasteiger partial charge < -0.3 is 10.5 Å². The lowest BCUT2D eigenvalue weighted by molar-refractivity contribution is -0.0408. The highest BCUT2D eigenvalue weighted by molar-refractivity contribution is 5.21. The van der Waals surface area contributed by atoms with Crippen LogP contribution in [0.4, 0.5) is 0 Å². The molecule has 18 heavy (non-hydrogen) atoms. The van der Waals surface area contributed by atoms with Crippen molar-refractivity contribution in [3.63, 3.8) is 0 Å². The first kappa shape index (κ1) is 13.5. The van der Waals surface area contributed by atoms with E-state index < -0.39 is 0 Å². The zero-order valence-electron chi connectivity index (χ0n) is 11.3. The fraction of sp³-hybridized carbons (Fsp3) is 0.643. The molecule has 0 spiro atoms. The van der Waals surface area contributed by atoms with Gasteiger partial charge >= 0.3 is 0 Å². The van der Waals surface area contributed by atoms with Crippen LogP contribution in [0.2, 0.25) is 0 Å². The second-order valence-electron chi connectivity index (χ2n) is 5.03. The predicted octanol–water partition coefficient (Wildman–Crippen LogP) is 1.50. The molecule has 0 saturated carbocycles. The molecule has 4 nitrogen and oxygen atoms in total. The van der Waals surface area contributed by atoms with Gasteiger partial charge in [0, 0.05) is 25.5 Å². The van der Waals surface area contributed by atoms with Gasteiger partial charge in [-0.2, -0.15) is 0 Å². The van der Waals surface area contributed by atoms with Gasteiger partial charge in [0.1, 0.15) is 0 Å². The minimum absolute atomic E-state index is 0.0777. The van der Waals surface area contributed by atoms with Gasteiger partial charge in [-0.1, -0.05) is 13.0 Å². The third-order valence-corrected chi connectivity index (χ3v) is 3.40. The zero-order valence-corrected chi connectivity index (χ0v) is 11.3. The monoisotopic (exact) mass is 249 g/mol. The average molecular weight is 249 g/mol. The standard InChI is InChI=1S/C14H23N3O/c1-3-4-17-5-6-18-13(10-17)14(15)12-7-11(2)8-16-9-12/h7-9,13-14H,3-6,10,15H2,1-2H3. The minimum Gasteiger partial charge on any atom is -0.374 e. The Bertz CT molecular complexity index is 381. The summed E-state index contributed by atoms with van der Waals surface area (Å²) in [5.41, 5.74) is 8.52. The predicted molar refractivity (Wildman–Crippen MR) is 72.4 cm³/mol. The molecule has 1 aliphatic heterocycles. The Kier molecular flexibility index (Phi) is 4.69. The fourth-order valence-corrected chi connectivity index (χ4v) is 2.44. The van der Waals surface area contributed by atoms with Gasteiger partial charge in [0.25, 0.3) is 0 Å². The van der Waals surface area contributed by atoms with Gasteiger partial charge in [0.05, 0.1) is 18.8 Å². The van der Waals surface area contributed by atoms with Gasteiger partial charge in [-0.3, -0.25) is 9.88 Å². The van der Waals surface area contributed by atoms with Crippen LogP contribution in [0.1, 0.15) is 30.5 Å². The van der Waals surface area contributed by atoms with E-state index in [1.165, 1.54) is 6.42 Å². The first-order valence-corrected chi connectivity index (χ1v) is 6.71. The number of hydrogen-bond acceptors (Lipinski definition) is 4. The van der Waals surface area contributed by atoms with Crippen molar-refractivity contribution in [2.45, 2.75) is 32.4 Å². The summed E-state index contributed by atoms with van der Waals surface area (Å²) >= 11 is 0. The molecule has 2 rings (SSSR count). The molecule has 1 aromatic rings. The Hall–Kier alpha value is -0.970. The first-order valence-electron chi connectivity index (χ1n) is 6.71. The molecule has 100 valence electrons. The van der Waals surface area contributed by atoms with Gasteiger partial charge in [-0.05, 0) is 31.0 Å². The molecule has 2 N–H and O–H groups in total. The van der Waals surface area contributed by atoms with E-state index in [1.807, 2.05) is 19.3 Å².